The summed E-state index contributed by atoms with van der Waals surface area (Å²) in [6.07, 6.45) is 0. The molecule has 0 fully saturated rings. The summed E-state index contributed by atoms with van der Waals surface area (Å²) in [6.45, 7) is 0. The number of benzene rings is 1. The third-order valence-electron chi connectivity index (χ3n) is 1.90. The van der Waals surface area contributed by atoms with Crippen LogP contribution in [0.2, 0.25) is 4.34 Å². The predicted octanol–water partition coefficient (Wildman–Crippen LogP) is 1.84. The van der Waals surface area contributed by atoms with Crippen LogP contribution in [0, 0.1) is 3.57 Å². The molecule has 0 atom stereocenters. The first-order chi connectivity index (χ1) is 6.59. The molecule has 2 nitrogen and oxygen atoms in total. The van der Waals surface area contributed by atoms with Gasteiger partial charge in [0.1, 0.15) is 0 Å². The summed E-state index contributed by atoms with van der Waals surface area (Å²) in [5.41, 5.74) is 0.525. The molecule has 2 rings (SSSR count). The molecular formula is C8H5BClIO2S. The fourth-order valence-electron chi connectivity index (χ4n) is 1.25. The molecule has 2 N–H and O–H groups in total. The molecule has 1 aromatic heterocycles. The Morgan fingerprint density at radius 1 is 1.36 bits per heavy atom. The van der Waals surface area contributed by atoms with E-state index in [4.69, 9.17) is 21.6 Å². The van der Waals surface area contributed by atoms with Crippen molar-refractivity contribution in [1.82, 2.24) is 0 Å². The number of hydrogen-bond acceptors (Lipinski definition) is 3. The highest BCUT2D eigenvalue weighted by Crippen LogP contribution is 2.31. The SMILES string of the molecule is OB(O)c1ccc2cc(Cl)sc2c1I. The first-order valence-corrected chi connectivity index (χ1v) is 6.10. The average Bonchev–Trinajstić information content (AvgIpc) is 2.46. The van der Waals surface area contributed by atoms with Gasteiger partial charge >= 0.3 is 7.12 Å². The van der Waals surface area contributed by atoms with Gasteiger partial charge in [0, 0.05) is 8.27 Å². The number of fused-ring (bicyclic) bond motifs is 1. The topological polar surface area (TPSA) is 40.5 Å². The molecule has 1 heterocycles. The zero-order valence-corrected chi connectivity index (χ0v) is 10.6. The highest BCUT2D eigenvalue weighted by Gasteiger charge is 2.17. The Balaban J connectivity index is 2.74. The molecule has 0 saturated carbocycles. The molecule has 0 unspecified atom stereocenters. The minimum Gasteiger partial charge on any atom is -0.423 e. The van der Waals surface area contributed by atoms with Gasteiger partial charge in [-0.25, -0.2) is 0 Å². The summed E-state index contributed by atoms with van der Waals surface area (Å²) >= 11 is 9.42. The monoisotopic (exact) mass is 338 g/mol. The second-order valence-corrected chi connectivity index (χ2v) is 5.57. The van der Waals surface area contributed by atoms with Crippen LogP contribution in [0.1, 0.15) is 0 Å². The molecule has 0 aliphatic heterocycles. The predicted molar refractivity (Wildman–Crippen MR) is 69.4 cm³/mol. The zero-order valence-electron chi connectivity index (χ0n) is 6.87. The van der Waals surface area contributed by atoms with Crippen LogP contribution in [0.3, 0.4) is 0 Å². The van der Waals surface area contributed by atoms with Crippen LogP contribution in [0.25, 0.3) is 10.1 Å². The van der Waals surface area contributed by atoms with Gasteiger partial charge in [0.25, 0.3) is 0 Å². The molecule has 0 bridgehead atoms. The fourth-order valence-corrected chi connectivity index (χ4v) is 3.53. The fraction of sp³-hybridized carbons (Fsp3) is 0. The van der Waals surface area contributed by atoms with E-state index in [-0.39, 0.29) is 0 Å². The van der Waals surface area contributed by atoms with Crippen LogP contribution in [0.4, 0.5) is 0 Å². The highest BCUT2D eigenvalue weighted by atomic mass is 127. The molecule has 0 spiro atoms. The molecule has 72 valence electrons. The van der Waals surface area contributed by atoms with Crippen LogP contribution in [0.5, 0.6) is 0 Å². The zero-order chi connectivity index (χ0) is 10.3. The minimum atomic E-state index is -1.42. The van der Waals surface area contributed by atoms with Gasteiger partial charge in [0.2, 0.25) is 0 Å². The van der Waals surface area contributed by atoms with E-state index in [9.17, 15) is 0 Å². The van der Waals surface area contributed by atoms with Gasteiger partial charge in [-0.2, -0.15) is 0 Å². The Morgan fingerprint density at radius 2 is 2.07 bits per heavy atom. The highest BCUT2D eigenvalue weighted by molar-refractivity contribution is 14.1. The van der Waals surface area contributed by atoms with E-state index in [2.05, 4.69) is 22.6 Å². The summed E-state index contributed by atoms with van der Waals surface area (Å²) in [7, 11) is -1.42. The Morgan fingerprint density at radius 3 is 2.71 bits per heavy atom. The van der Waals surface area contributed by atoms with Gasteiger partial charge in [-0.15, -0.1) is 11.3 Å². The van der Waals surface area contributed by atoms with Gasteiger partial charge in [-0.05, 0) is 39.5 Å². The second kappa shape index (κ2) is 3.98. The average molecular weight is 338 g/mol. The quantitative estimate of drug-likeness (QED) is 0.615. The smallest absolute Gasteiger partial charge is 0.423 e. The molecule has 6 heteroatoms. The van der Waals surface area contributed by atoms with Gasteiger partial charge in [0.05, 0.1) is 4.34 Å². The van der Waals surface area contributed by atoms with Crippen molar-refractivity contribution >= 4 is 68.2 Å². The lowest BCUT2D eigenvalue weighted by atomic mass is 9.80. The van der Waals surface area contributed by atoms with Crippen molar-refractivity contribution in [3.05, 3.63) is 26.1 Å². The van der Waals surface area contributed by atoms with Crippen LogP contribution >= 0.6 is 45.5 Å². The van der Waals surface area contributed by atoms with Crippen LogP contribution in [0.15, 0.2) is 18.2 Å². The first-order valence-electron chi connectivity index (χ1n) is 3.83. The van der Waals surface area contributed by atoms with Crippen molar-refractivity contribution in [1.29, 1.82) is 0 Å². The maximum Gasteiger partial charge on any atom is 0.489 e. The van der Waals surface area contributed by atoms with E-state index in [1.165, 1.54) is 11.3 Å². The number of halogens is 2. The lowest BCUT2D eigenvalue weighted by Gasteiger charge is -2.03. The minimum absolute atomic E-state index is 0.525. The van der Waals surface area contributed by atoms with Crippen molar-refractivity contribution in [2.24, 2.45) is 0 Å². The second-order valence-electron chi connectivity index (χ2n) is 2.81. The molecule has 2 aromatic rings. The summed E-state index contributed by atoms with van der Waals surface area (Å²) < 4.78 is 2.57. The van der Waals surface area contributed by atoms with Crippen molar-refractivity contribution in [2.45, 2.75) is 0 Å². The van der Waals surface area contributed by atoms with Gasteiger partial charge < -0.3 is 10.0 Å². The molecule has 0 radical (unpaired) electrons. The van der Waals surface area contributed by atoms with Crippen molar-refractivity contribution < 1.29 is 10.0 Å². The summed E-state index contributed by atoms with van der Waals surface area (Å²) in [5, 5.41) is 19.2. The van der Waals surface area contributed by atoms with E-state index in [1.807, 2.05) is 12.1 Å². The number of hydrogen-bond donors (Lipinski definition) is 2. The van der Waals surface area contributed by atoms with Crippen molar-refractivity contribution in [3.8, 4) is 0 Å². The molecule has 0 saturated heterocycles. The maximum atomic E-state index is 9.09. The third kappa shape index (κ3) is 1.79. The van der Waals surface area contributed by atoms with Gasteiger partial charge in [0.15, 0.2) is 0 Å². The third-order valence-corrected chi connectivity index (χ3v) is 4.73. The van der Waals surface area contributed by atoms with Crippen molar-refractivity contribution in [2.75, 3.05) is 0 Å². The molecule has 0 amide bonds. The van der Waals surface area contributed by atoms with E-state index in [0.29, 0.717) is 9.80 Å². The Bertz CT molecular complexity index is 485. The normalized spacial score (nSPS) is 10.9. The maximum absolute atomic E-state index is 9.09. The Labute approximate surface area is 104 Å². The van der Waals surface area contributed by atoms with E-state index >= 15 is 0 Å². The number of thiophene rings is 1. The Hall–Kier alpha value is 0.185. The van der Waals surface area contributed by atoms with E-state index < -0.39 is 7.12 Å². The first kappa shape index (κ1) is 10.7. The molecule has 0 aliphatic rings. The summed E-state index contributed by atoms with van der Waals surface area (Å²) in [6, 6.07) is 5.42. The summed E-state index contributed by atoms with van der Waals surface area (Å²) in [4.78, 5) is 0. The largest absolute Gasteiger partial charge is 0.489 e. The van der Waals surface area contributed by atoms with Gasteiger partial charge in [-0.3, -0.25) is 0 Å². The lowest BCUT2D eigenvalue weighted by Crippen LogP contribution is -2.32. The standard InChI is InChI=1S/C8H5BClIO2S/c10-6-3-4-1-2-5(9(12)13)7(11)8(4)14-6/h1-3,12-13H. The summed E-state index contributed by atoms with van der Waals surface area (Å²) in [5.74, 6) is 0. The molecule has 0 aliphatic carbocycles. The van der Waals surface area contributed by atoms with E-state index in [1.54, 1.807) is 6.07 Å². The van der Waals surface area contributed by atoms with Crippen LogP contribution in [-0.4, -0.2) is 17.2 Å². The Kier molecular flexibility index (Phi) is 3.04. The molecule has 14 heavy (non-hydrogen) atoms. The van der Waals surface area contributed by atoms with Crippen LogP contribution in [-0.2, 0) is 0 Å². The van der Waals surface area contributed by atoms with E-state index in [0.717, 1.165) is 13.7 Å². The van der Waals surface area contributed by atoms with Gasteiger partial charge in [-0.1, -0.05) is 23.7 Å². The molecule has 1 aromatic carbocycles. The number of rotatable bonds is 1. The van der Waals surface area contributed by atoms with Crippen molar-refractivity contribution in [3.63, 3.8) is 0 Å². The van der Waals surface area contributed by atoms with Crippen LogP contribution < -0.4 is 5.46 Å². The lowest BCUT2D eigenvalue weighted by molar-refractivity contribution is 0.425. The molecular weight excluding hydrogens is 333 g/mol.